The number of aromatic nitrogens is 3. The summed E-state index contributed by atoms with van der Waals surface area (Å²) in [5, 5.41) is 2.02. The molecule has 1 unspecified atom stereocenters. The molecule has 0 aliphatic heterocycles. The summed E-state index contributed by atoms with van der Waals surface area (Å²) in [4.78, 5) is 15.5. The van der Waals surface area contributed by atoms with Gasteiger partial charge in [0, 0.05) is 39.0 Å². The van der Waals surface area contributed by atoms with Crippen molar-refractivity contribution in [1.29, 1.82) is 0 Å². The van der Waals surface area contributed by atoms with Gasteiger partial charge in [-0.3, -0.25) is 0 Å². The van der Waals surface area contributed by atoms with Crippen LogP contribution in [-0.4, -0.2) is 15.0 Å². The van der Waals surface area contributed by atoms with Crippen LogP contribution in [0.2, 0.25) is 0 Å². The first kappa shape index (κ1) is 29.3. The van der Waals surface area contributed by atoms with Gasteiger partial charge in [-0.25, -0.2) is 15.0 Å². The molecule has 0 spiro atoms. The van der Waals surface area contributed by atoms with Crippen LogP contribution in [-0.2, 0) is 0 Å². The van der Waals surface area contributed by atoms with Gasteiger partial charge in [0.15, 0.2) is 17.5 Å². The Morgan fingerprint density at radius 3 is 2.00 bits per heavy atom. The molecular weight excluding hydrogens is 623 g/mol. The summed E-state index contributed by atoms with van der Waals surface area (Å²) < 4.78 is 6.67. The predicted octanol–water partition coefficient (Wildman–Crippen LogP) is 12.0. The SMILES string of the molecule is C1=CC2CC=C(c3nc(-c4ccccc4)nc(-c4ccc(-c5ccc(-c6ccccc6)cc5)c5oc6ccccc6c45)n3)C=C2c2ccccc21. The van der Waals surface area contributed by atoms with Crippen LogP contribution >= 0.6 is 0 Å². The summed E-state index contributed by atoms with van der Waals surface area (Å²) in [6.45, 7) is 0. The molecule has 2 aliphatic rings. The number of fused-ring (bicyclic) bond motifs is 6. The molecule has 0 bridgehead atoms. The third-order valence-corrected chi connectivity index (χ3v) is 10.1. The first-order valence-corrected chi connectivity index (χ1v) is 17.4. The summed E-state index contributed by atoms with van der Waals surface area (Å²) in [5.74, 6) is 2.26. The molecule has 240 valence electrons. The lowest BCUT2D eigenvalue weighted by molar-refractivity contribution is 0.670. The third kappa shape index (κ3) is 5.12. The molecule has 4 nitrogen and oxygen atoms in total. The Labute approximate surface area is 295 Å². The van der Waals surface area contributed by atoms with E-state index in [4.69, 9.17) is 19.4 Å². The zero-order valence-electron chi connectivity index (χ0n) is 27.7. The van der Waals surface area contributed by atoms with Gasteiger partial charge in [-0.05, 0) is 64.1 Å². The van der Waals surface area contributed by atoms with Gasteiger partial charge in [0.2, 0.25) is 0 Å². The smallest absolute Gasteiger partial charge is 0.164 e. The molecule has 10 rings (SSSR count). The number of benzene rings is 6. The van der Waals surface area contributed by atoms with Gasteiger partial charge in [0.05, 0.1) is 0 Å². The van der Waals surface area contributed by atoms with Gasteiger partial charge >= 0.3 is 0 Å². The van der Waals surface area contributed by atoms with E-state index < -0.39 is 0 Å². The van der Waals surface area contributed by atoms with Crippen LogP contribution < -0.4 is 0 Å². The number of rotatable bonds is 5. The van der Waals surface area contributed by atoms with Gasteiger partial charge in [0.25, 0.3) is 0 Å². The number of nitrogens with zero attached hydrogens (tertiary/aromatic N) is 3. The number of allylic oxidation sites excluding steroid dienone is 5. The molecule has 2 heterocycles. The minimum absolute atomic E-state index is 0.338. The van der Waals surface area contributed by atoms with E-state index in [9.17, 15) is 0 Å². The summed E-state index contributed by atoms with van der Waals surface area (Å²) in [6, 6.07) is 50.4. The van der Waals surface area contributed by atoms with E-state index in [0.717, 1.165) is 56.2 Å². The topological polar surface area (TPSA) is 51.8 Å². The molecular formula is C47H31N3O. The molecule has 0 N–H and O–H groups in total. The lowest BCUT2D eigenvalue weighted by Gasteiger charge is -2.26. The number of para-hydroxylation sites is 1. The van der Waals surface area contributed by atoms with Crippen LogP contribution in [0.25, 0.3) is 84.2 Å². The van der Waals surface area contributed by atoms with E-state index in [-0.39, 0.29) is 0 Å². The molecule has 0 saturated heterocycles. The summed E-state index contributed by atoms with van der Waals surface area (Å²) in [5.41, 5.74) is 12.8. The fourth-order valence-electron chi connectivity index (χ4n) is 7.51. The van der Waals surface area contributed by atoms with E-state index in [2.05, 4.69) is 133 Å². The van der Waals surface area contributed by atoms with Crippen LogP contribution in [0.3, 0.4) is 0 Å². The molecule has 0 amide bonds. The van der Waals surface area contributed by atoms with E-state index in [1.165, 1.54) is 27.8 Å². The highest BCUT2D eigenvalue weighted by atomic mass is 16.3. The van der Waals surface area contributed by atoms with Crippen molar-refractivity contribution in [1.82, 2.24) is 15.0 Å². The fourth-order valence-corrected chi connectivity index (χ4v) is 7.51. The second-order valence-corrected chi connectivity index (χ2v) is 13.1. The van der Waals surface area contributed by atoms with Gasteiger partial charge in [-0.2, -0.15) is 0 Å². The highest BCUT2D eigenvalue weighted by Crippen LogP contribution is 2.43. The maximum Gasteiger partial charge on any atom is 0.164 e. The number of hydrogen-bond acceptors (Lipinski definition) is 4. The maximum atomic E-state index is 6.67. The van der Waals surface area contributed by atoms with Gasteiger partial charge in [0.1, 0.15) is 11.2 Å². The Balaban J connectivity index is 1.15. The Morgan fingerprint density at radius 1 is 0.510 bits per heavy atom. The van der Waals surface area contributed by atoms with Crippen LogP contribution in [0, 0.1) is 5.92 Å². The molecule has 0 saturated carbocycles. The molecule has 2 aromatic heterocycles. The molecule has 4 heteroatoms. The van der Waals surface area contributed by atoms with E-state index in [0.29, 0.717) is 23.4 Å². The van der Waals surface area contributed by atoms with Crippen LogP contribution in [0.1, 0.15) is 23.4 Å². The summed E-state index contributed by atoms with van der Waals surface area (Å²) in [7, 11) is 0. The Morgan fingerprint density at radius 2 is 1.16 bits per heavy atom. The highest BCUT2D eigenvalue weighted by molar-refractivity contribution is 6.15. The molecule has 8 aromatic rings. The van der Waals surface area contributed by atoms with Crippen molar-refractivity contribution in [2.24, 2.45) is 5.92 Å². The summed E-state index contributed by atoms with van der Waals surface area (Å²) in [6.07, 6.45) is 9.99. The van der Waals surface area contributed by atoms with Crippen molar-refractivity contribution >= 4 is 39.2 Å². The monoisotopic (exact) mass is 653 g/mol. The largest absolute Gasteiger partial charge is 0.455 e. The predicted molar refractivity (Wildman–Crippen MR) is 208 cm³/mol. The van der Waals surface area contributed by atoms with Gasteiger partial charge in [-0.1, -0.05) is 146 Å². The second kappa shape index (κ2) is 12.0. The van der Waals surface area contributed by atoms with Crippen molar-refractivity contribution in [3.05, 3.63) is 181 Å². The lowest BCUT2D eigenvalue weighted by Crippen LogP contribution is -2.10. The van der Waals surface area contributed by atoms with E-state index in [1.54, 1.807) is 0 Å². The van der Waals surface area contributed by atoms with Crippen molar-refractivity contribution in [3.8, 4) is 45.0 Å². The average Bonchev–Trinajstić information content (AvgIpc) is 3.61. The van der Waals surface area contributed by atoms with E-state index in [1.807, 2.05) is 36.4 Å². The third-order valence-electron chi connectivity index (χ3n) is 10.1. The molecule has 51 heavy (non-hydrogen) atoms. The number of hydrogen-bond donors (Lipinski definition) is 0. The molecule has 6 aromatic carbocycles. The highest BCUT2D eigenvalue weighted by Gasteiger charge is 2.25. The first-order valence-electron chi connectivity index (χ1n) is 17.4. The normalized spacial score (nSPS) is 14.9. The van der Waals surface area contributed by atoms with Crippen LogP contribution in [0.15, 0.2) is 168 Å². The molecule has 0 fully saturated rings. The minimum atomic E-state index is 0.338. The van der Waals surface area contributed by atoms with Crippen molar-refractivity contribution in [2.45, 2.75) is 6.42 Å². The maximum absolute atomic E-state index is 6.67. The minimum Gasteiger partial charge on any atom is -0.455 e. The quantitative estimate of drug-likeness (QED) is 0.185. The zero-order valence-corrected chi connectivity index (χ0v) is 27.7. The number of furan rings is 1. The zero-order chi connectivity index (χ0) is 33.7. The Kier molecular flexibility index (Phi) is 6.91. The summed E-state index contributed by atoms with van der Waals surface area (Å²) >= 11 is 0. The standard InChI is InChI=1S/C47H31N3O/c1-3-11-30(12-4-1)31-19-21-33(22-20-31)38-27-28-40(43-39-17-9-10-18-42(39)51-44(38)43)47-49-45(35-14-5-2-6-15-35)48-46(50-47)36-26-25-34-24-23-32-13-7-8-16-37(32)41(34)29-36/h1-24,26-29,34H,25H2. The Hall–Kier alpha value is -6.65. The average molecular weight is 654 g/mol. The van der Waals surface area contributed by atoms with Crippen molar-refractivity contribution < 1.29 is 4.42 Å². The first-order chi connectivity index (χ1) is 25.3. The molecule has 2 aliphatic carbocycles. The lowest BCUT2D eigenvalue weighted by atomic mass is 9.79. The van der Waals surface area contributed by atoms with Crippen LogP contribution in [0.4, 0.5) is 0 Å². The fraction of sp³-hybridized carbons (Fsp3) is 0.0426. The van der Waals surface area contributed by atoms with Gasteiger partial charge in [-0.15, -0.1) is 0 Å². The second-order valence-electron chi connectivity index (χ2n) is 13.1. The molecule has 0 radical (unpaired) electrons. The molecule has 1 atom stereocenters. The van der Waals surface area contributed by atoms with Crippen molar-refractivity contribution in [3.63, 3.8) is 0 Å². The van der Waals surface area contributed by atoms with Gasteiger partial charge < -0.3 is 4.42 Å². The Bertz CT molecular complexity index is 2700. The van der Waals surface area contributed by atoms with Crippen molar-refractivity contribution in [2.75, 3.05) is 0 Å². The van der Waals surface area contributed by atoms with Crippen LogP contribution in [0.5, 0.6) is 0 Å². The van der Waals surface area contributed by atoms with E-state index >= 15 is 0 Å².